The minimum atomic E-state index is -0.326. The fraction of sp³-hybridized carbons (Fsp3) is 0.263. The quantitative estimate of drug-likeness (QED) is 0.663. The molecule has 0 saturated carbocycles. The number of rotatable bonds is 5. The van der Waals surface area contributed by atoms with Gasteiger partial charge in [0.2, 0.25) is 0 Å². The van der Waals surface area contributed by atoms with Crippen LogP contribution in [0.5, 0.6) is 0 Å². The molecule has 5 nitrogen and oxygen atoms in total. The molecule has 130 valence electrons. The second-order valence-corrected chi connectivity index (χ2v) is 7.08. The van der Waals surface area contributed by atoms with Crippen LogP contribution >= 0.6 is 11.3 Å². The van der Waals surface area contributed by atoms with E-state index in [0.717, 1.165) is 39.2 Å². The van der Waals surface area contributed by atoms with Crippen LogP contribution in [0.15, 0.2) is 30.3 Å². The molecule has 2 N–H and O–H groups in total. The highest BCUT2D eigenvalue weighted by Gasteiger charge is 2.22. The first-order chi connectivity index (χ1) is 12.0. The Kier molecular flexibility index (Phi) is 4.90. The number of ether oxygens (including phenoxy) is 1. The van der Waals surface area contributed by atoms with Crippen molar-refractivity contribution in [1.29, 1.82) is 0 Å². The average molecular weight is 355 g/mol. The van der Waals surface area contributed by atoms with E-state index < -0.39 is 0 Å². The van der Waals surface area contributed by atoms with Crippen LogP contribution in [0, 0.1) is 20.8 Å². The zero-order valence-electron chi connectivity index (χ0n) is 14.8. The third kappa shape index (κ3) is 3.44. The molecule has 0 aliphatic heterocycles. The van der Waals surface area contributed by atoms with Crippen LogP contribution in [0.3, 0.4) is 0 Å². The summed E-state index contributed by atoms with van der Waals surface area (Å²) >= 11 is 1.61. The first-order valence-electron chi connectivity index (χ1n) is 8.04. The zero-order valence-corrected chi connectivity index (χ0v) is 15.6. The Balaban J connectivity index is 1.87. The third-order valence-electron chi connectivity index (χ3n) is 4.15. The number of carbonyl (C=O) groups excluding carboxylic acids is 1. The summed E-state index contributed by atoms with van der Waals surface area (Å²) in [4.78, 5) is 21.1. The Hall–Kier alpha value is -2.60. The van der Waals surface area contributed by atoms with Crippen LogP contribution in [-0.4, -0.2) is 23.0 Å². The number of hydrogen-bond donors (Lipinski definition) is 2. The normalized spacial score (nSPS) is 10.7. The van der Waals surface area contributed by atoms with Crippen molar-refractivity contribution < 1.29 is 9.53 Å². The molecule has 25 heavy (non-hydrogen) atoms. The molecule has 0 fully saturated rings. The monoisotopic (exact) mass is 355 g/mol. The number of hydrogen-bond acceptors (Lipinski definition) is 5. The van der Waals surface area contributed by atoms with Gasteiger partial charge < -0.3 is 15.0 Å². The highest BCUT2D eigenvalue weighted by molar-refractivity contribution is 7.16. The maximum Gasteiger partial charge on any atom is 0.339 e. The summed E-state index contributed by atoms with van der Waals surface area (Å²) in [5.41, 5.74) is 5.20. The summed E-state index contributed by atoms with van der Waals surface area (Å²) in [6.07, 6.45) is 0. The molecule has 0 unspecified atom stereocenters. The van der Waals surface area contributed by atoms with Gasteiger partial charge in [-0.15, -0.1) is 11.3 Å². The maximum absolute atomic E-state index is 12.0. The number of aromatic amines is 1. The summed E-state index contributed by atoms with van der Waals surface area (Å²) in [5.74, 6) is -0.326. The first-order valence-corrected chi connectivity index (χ1v) is 8.86. The van der Waals surface area contributed by atoms with Gasteiger partial charge in [-0.05, 0) is 31.9 Å². The smallest absolute Gasteiger partial charge is 0.339 e. The lowest BCUT2D eigenvalue weighted by molar-refractivity contribution is 0.0599. The standard InChI is InChI=1S/C19H21N3O2S/c1-11-15(18(23)24-4)12(2)21-16(11)17-13(3)25-19(22-17)20-10-14-8-6-5-7-9-14/h5-9,21H,10H2,1-4H3,(H,20,22). The number of anilines is 1. The number of nitrogens with one attached hydrogen (secondary N) is 2. The predicted octanol–water partition coefficient (Wildman–Crippen LogP) is 4.46. The molecule has 1 aromatic carbocycles. The van der Waals surface area contributed by atoms with Crippen LogP contribution in [-0.2, 0) is 11.3 Å². The third-order valence-corrected chi connectivity index (χ3v) is 5.08. The van der Waals surface area contributed by atoms with E-state index in [9.17, 15) is 4.79 Å². The molecule has 2 aromatic heterocycles. The minimum Gasteiger partial charge on any atom is -0.465 e. The number of aromatic nitrogens is 2. The number of carbonyl (C=O) groups is 1. The number of esters is 1. The first kappa shape index (κ1) is 17.2. The molecule has 0 atom stereocenters. The predicted molar refractivity (Wildman–Crippen MR) is 101 cm³/mol. The number of methoxy groups -OCH3 is 1. The fourth-order valence-electron chi connectivity index (χ4n) is 2.87. The molecule has 0 saturated heterocycles. The molecule has 3 rings (SSSR count). The van der Waals surface area contributed by atoms with E-state index in [2.05, 4.69) is 22.4 Å². The summed E-state index contributed by atoms with van der Waals surface area (Å²) in [7, 11) is 1.40. The van der Waals surface area contributed by atoms with Crippen molar-refractivity contribution in [3.63, 3.8) is 0 Å². The lowest BCUT2D eigenvalue weighted by Gasteiger charge is -2.02. The van der Waals surface area contributed by atoms with E-state index in [-0.39, 0.29) is 5.97 Å². The highest BCUT2D eigenvalue weighted by Crippen LogP contribution is 2.34. The number of nitrogens with zero attached hydrogens (tertiary/aromatic N) is 1. The Morgan fingerprint density at radius 3 is 2.64 bits per heavy atom. The van der Waals surface area contributed by atoms with Crippen molar-refractivity contribution in [3.8, 4) is 11.4 Å². The van der Waals surface area contributed by atoms with Gasteiger partial charge in [0.15, 0.2) is 5.13 Å². The van der Waals surface area contributed by atoms with Crippen molar-refractivity contribution in [2.75, 3.05) is 12.4 Å². The van der Waals surface area contributed by atoms with Crippen molar-refractivity contribution in [1.82, 2.24) is 9.97 Å². The van der Waals surface area contributed by atoms with Gasteiger partial charge in [-0.25, -0.2) is 9.78 Å². The van der Waals surface area contributed by atoms with Gasteiger partial charge in [0.05, 0.1) is 18.4 Å². The molecule has 2 heterocycles. The summed E-state index contributed by atoms with van der Waals surface area (Å²) < 4.78 is 4.88. The van der Waals surface area contributed by atoms with Crippen LogP contribution in [0.25, 0.3) is 11.4 Å². The maximum atomic E-state index is 12.0. The highest BCUT2D eigenvalue weighted by atomic mass is 32.1. The zero-order chi connectivity index (χ0) is 18.0. The van der Waals surface area contributed by atoms with E-state index in [4.69, 9.17) is 9.72 Å². The van der Waals surface area contributed by atoms with Crippen LogP contribution < -0.4 is 5.32 Å². The van der Waals surface area contributed by atoms with E-state index in [0.29, 0.717) is 5.56 Å². The van der Waals surface area contributed by atoms with Gasteiger partial charge in [-0.2, -0.15) is 0 Å². The van der Waals surface area contributed by atoms with Gasteiger partial charge in [0.25, 0.3) is 0 Å². The van der Waals surface area contributed by atoms with Crippen molar-refractivity contribution in [2.45, 2.75) is 27.3 Å². The lowest BCUT2D eigenvalue weighted by Crippen LogP contribution is -2.03. The molecule has 0 bridgehead atoms. The molecule has 0 amide bonds. The second-order valence-electron chi connectivity index (χ2n) is 5.88. The van der Waals surface area contributed by atoms with Crippen LogP contribution in [0.4, 0.5) is 5.13 Å². The van der Waals surface area contributed by atoms with Crippen molar-refractivity contribution in [2.24, 2.45) is 0 Å². The molecular formula is C19H21N3O2S. The van der Waals surface area contributed by atoms with Gasteiger partial charge in [0.1, 0.15) is 5.69 Å². The van der Waals surface area contributed by atoms with Crippen LogP contribution in [0.2, 0.25) is 0 Å². The summed E-state index contributed by atoms with van der Waals surface area (Å²) in [6.45, 7) is 6.55. The van der Waals surface area contributed by atoms with Gasteiger partial charge in [-0.3, -0.25) is 0 Å². The van der Waals surface area contributed by atoms with Crippen molar-refractivity contribution >= 4 is 22.4 Å². The number of H-pyrrole nitrogens is 1. The Bertz CT molecular complexity index is 897. The molecular weight excluding hydrogens is 334 g/mol. The summed E-state index contributed by atoms with van der Waals surface area (Å²) in [6, 6.07) is 10.2. The number of benzene rings is 1. The van der Waals surface area contributed by atoms with Crippen LogP contribution in [0.1, 0.15) is 32.1 Å². The average Bonchev–Trinajstić information content (AvgIpc) is 3.12. The SMILES string of the molecule is COC(=O)c1c(C)[nH]c(-c2nc(NCc3ccccc3)sc2C)c1C. The van der Waals surface area contributed by atoms with Gasteiger partial charge in [-0.1, -0.05) is 30.3 Å². The van der Waals surface area contributed by atoms with Gasteiger partial charge >= 0.3 is 5.97 Å². The molecule has 0 radical (unpaired) electrons. The van der Waals surface area contributed by atoms with Crippen molar-refractivity contribution in [3.05, 3.63) is 57.6 Å². The summed E-state index contributed by atoms with van der Waals surface area (Å²) in [5, 5.41) is 4.23. The Morgan fingerprint density at radius 1 is 1.24 bits per heavy atom. The number of aryl methyl sites for hydroxylation is 2. The Morgan fingerprint density at radius 2 is 1.96 bits per heavy atom. The van der Waals surface area contributed by atoms with E-state index >= 15 is 0 Å². The molecule has 0 spiro atoms. The number of thiazole rings is 1. The Labute approximate surface area is 151 Å². The largest absolute Gasteiger partial charge is 0.465 e. The molecule has 0 aliphatic carbocycles. The molecule has 0 aliphatic rings. The minimum absolute atomic E-state index is 0.326. The lowest BCUT2D eigenvalue weighted by atomic mass is 10.1. The van der Waals surface area contributed by atoms with E-state index in [1.165, 1.54) is 12.7 Å². The molecule has 6 heteroatoms. The topological polar surface area (TPSA) is 67.0 Å². The second kappa shape index (κ2) is 7.11. The molecule has 3 aromatic rings. The van der Waals surface area contributed by atoms with E-state index in [1.807, 2.05) is 39.0 Å². The van der Waals surface area contributed by atoms with Gasteiger partial charge in [0, 0.05) is 17.1 Å². The van der Waals surface area contributed by atoms with E-state index in [1.54, 1.807) is 11.3 Å². The fourth-order valence-corrected chi connectivity index (χ4v) is 3.69.